The highest BCUT2D eigenvalue weighted by Crippen LogP contribution is 2.45. The fourth-order valence-corrected chi connectivity index (χ4v) is 5.32. The molecule has 4 unspecified atom stereocenters. The van der Waals surface area contributed by atoms with Gasteiger partial charge in [-0.05, 0) is 19.1 Å². The fraction of sp³-hybridized carbons (Fsp3) is 0.310. The molecule has 2 aliphatic rings. The number of aromatic nitrogens is 4. The maximum atomic E-state index is 12.1. The summed E-state index contributed by atoms with van der Waals surface area (Å²) in [5.74, 6) is -2.32. The number of fused-ring (bicyclic) bond motifs is 2. The van der Waals surface area contributed by atoms with Crippen molar-refractivity contribution < 1.29 is 43.5 Å². The van der Waals surface area contributed by atoms with Gasteiger partial charge in [-0.2, -0.15) is 0 Å². The van der Waals surface area contributed by atoms with Crippen molar-refractivity contribution in [3.8, 4) is 0 Å². The molecular formula is C29H28N6O9. The van der Waals surface area contributed by atoms with Crippen LogP contribution in [0.25, 0.3) is 11.2 Å². The molecule has 4 N–H and O–H groups in total. The van der Waals surface area contributed by atoms with E-state index < -0.39 is 48.8 Å². The Kier molecular flexibility index (Phi) is 8.17. The van der Waals surface area contributed by atoms with Crippen LogP contribution in [0.1, 0.15) is 51.3 Å². The van der Waals surface area contributed by atoms with Crippen molar-refractivity contribution in [1.82, 2.24) is 24.8 Å². The van der Waals surface area contributed by atoms with Crippen molar-refractivity contribution in [3.05, 3.63) is 83.4 Å². The Morgan fingerprint density at radius 1 is 0.932 bits per heavy atom. The van der Waals surface area contributed by atoms with Gasteiger partial charge in [0, 0.05) is 17.7 Å². The minimum Gasteiger partial charge on any atom is -0.478 e. The molecular weight excluding hydrogens is 576 g/mol. The molecule has 0 saturated carbocycles. The van der Waals surface area contributed by atoms with Crippen LogP contribution < -0.4 is 10.6 Å². The van der Waals surface area contributed by atoms with Crippen molar-refractivity contribution >= 4 is 35.0 Å². The number of benzene rings is 2. The van der Waals surface area contributed by atoms with Gasteiger partial charge in [0.2, 0.25) is 0 Å². The number of anilines is 1. The summed E-state index contributed by atoms with van der Waals surface area (Å²) in [5, 5.41) is 24.5. The first-order valence-corrected chi connectivity index (χ1v) is 13.8. The monoisotopic (exact) mass is 604 g/mol. The van der Waals surface area contributed by atoms with E-state index in [2.05, 4.69) is 25.6 Å². The Balaban J connectivity index is 1.27. The quantitative estimate of drug-likeness (QED) is 0.207. The second kappa shape index (κ2) is 12.3. The lowest BCUT2D eigenvalue weighted by molar-refractivity contribution is -0.158. The van der Waals surface area contributed by atoms with E-state index in [1.165, 1.54) is 30.9 Å². The molecule has 4 aromatic rings. The average molecular weight is 605 g/mol. The maximum Gasteiger partial charge on any atom is 0.336 e. The van der Waals surface area contributed by atoms with E-state index in [1.54, 1.807) is 11.5 Å². The lowest BCUT2D eigenvalue weighted by atomic mass is 10.0. The third-order valence-corrected chi connectivity index (χ3v) is 7.29. The normalized spacial score (nSPS) is 22.5. The summed E-state index contributed by atoms with van der Waals surface area (Å²) in [6.45, 7) is 1.86. The van der Waals surface area contributed by atoms with E-state index in [1.807, 2.05) is 30.3 Å². The molecule has 2 fully saturated rings. The standard InChI is InChI=1S/C29H28N6O9/c1-2-30-29(40)34-23-20-24(32-13-31-23)35(14-33-20)25-22-21(43-28(44-22)15-7-4-3-5-8-15)19(42-25)12-41-11-18-16(26(36)37)9-6-10-17(18)27(38)39/h3-10,13-14,19,21-22,25,28H,2,11-12H2,1H3,(H,36,37)(H,38,39)(H2,30,31,32,34,40)/t19?,21?,22?,25?,28-/m1/s1. The van der Waals surface area contributed by atoms with E-state index in [-0.39, 0.29) is 35.7 Å². The van der Waals surface area contributed by atoms with Crippen LogP contribution in [0.15, 0.2) is 61.2 Å². The van der Waals surface area contributed by atoms with Crippen LogP contribution in [0.5, 0.6) is 0 Å². The molecule has 228 valence electrons. The first-order valence-electron chi connectivity index (χ1n) is 13.8. The number of urea groups is 1. The summed E-state index contributed by atoms with van der Waals surface area (Å²) in [7, 11) is 0. The number of carbonyl (C=O) groups excluding carboxylic acids is 1. The fourth-order valence-electron chi connectivity index (χ4n) is 5.32. The largest absolute Gasteiger partial charge is 0.478 e. The number of imidazole rings is 1. The molecule has 4 heterocycles. The molecule has 6 rings (SSSR count). The zero-order chi connectivity index (χ0) is 30.8. The number of hydrogen-bond donors (Lipinski definition) is 4. The molecule has 2 aromatic heterocycles. The highest BCUT2D eigenvalue weighted by Gasteiger charge is 2.54. The van der Waals surface area contributed by atoms with E-state index in [4.69, 9.17) is 18.9 Å². The highest BCUT2D eigenvalue weighted by molar-refractivity contribution is 5.97. The molecule has 5 atom stereocenters. The highest BCUT2D eigenvalue weighted by atomic mass is 16.8. The van der Waals surface area contributed by atoms with E-state index in [0.29, 0.717) is 17.7 Å². The van der Waals surface area contributed by atoms with Gasteiger partial charge in [-0.3, -0.25) is 9.88 Å². The number of hydrogen-bond acceptors (Lipinski definition) is 10. The van der Waals surface area contributed by atoms with Gasteiger partial charge in [-0.15, -0.1) is 0 Å². The van der Waals surface area contributed by atoms with Crippen LogP contribution in [0.2, 0.25) is 0 Å². The molecule has 15 nitrogen and oxygen atoms in total. The second-order valence-electron chi connectivity index (χ2n) is 10.00. The first kappa shape index (κ1) is 29.1. The van der Waals surface area contributed by atoms with Crippen molar-refractivity contribution in [1.29, 1.82) is 0 Å². The summed E-state index contributed by atoms with van der Waals surface area (Å²) in [6, 6.07) is 13.0. The lowest BCUT2D eigenvalue weighted by Gasteiger charge is -2.21. The lowest BCUT2D eigenvalue weighted by Crippen LogP contribution is -2.32. The van der Waals surface area contributed by atoms with Gasteiger partial charge in [-0.25, -0.2) is 29.3 Å². The van der Waals surface area contributed by atoms with Gasteiger partial charge in [0.1, 0.15) is 24.6 Å². The van der Waals surface area contributed by atoms with Gasteiger partial charge in [0.05, 0.1) is 30.7 Å². The SMILES string of the molecule is CCNC(=O)Nc1ncnc2c1ncn2C1OC(COCc2c(C(=O)O)cccc2C(=O)O)C2O[C@@H](c3ccccc3)OC21. The number of ether oxygens (including phenoxy) is 4. The summed E-state index contributed by atoms with van der Waals surface area (Å²) < 4.78 is 26.6. The third kappa shape index (κ3) is 5.56. The summed E-state index contributed by atoms with van der Waals surface area (Å²) in [5.41, 5.74) is 1.22. The number of carboxylic acids is 2. The number of rotatable bonds is 10. The Bertz CT molecular complexity index is 1670. The minimum atomic E-state index is -1.27. The topological polar surface area (TPSA) is 196 Å². The van der Waals surface area contributed by atoms with Gasteiger partial charge >= 0.3 is 18.0 Å². The van der Waals surface area contributed by atoms with Gasteiger partial charge in [0.15, 0.2) is 29.5 Å². The Labute approximate surface area is 249 Å². The molecule has 0 radical (unpaired) electrons. The molecule has 2 saturated heterocycles. The van der Waals surface area contributed by atoms with E-state index in [0.717, 1.165) is 5.56 Å². The number of amides is 2. The van der Waals surface area contributed by atoms with Gasteiger partial charge in [-0.1, -0.05) is 36.4 Å². The summed E-state index contributed by atoms with van der Waals surface area (Å²) in [4.78, 5) is 48.6. The molecule has 15 heteroatoms. The van der Waals surface area contributed by atoms with E-state index >= 15 is 0 Å². The van der Waals surface area contributed by atoms with Crippen LogP contribution >= 0.6 is 0 Å². The molecule has 0 bridgehead atoms. The third-order valence-electron chi connectivity index (χ3n) is 7.29. The molecule has 44 heavy (non-hydrogen) atoms. The first-order chi connectivity index (χ1) is 21.4. The molecule has 2 amide bonds. The van der Waals surface area contributed by atoms with Crippen LogP contribution in [0.4, 0.5) is 10.6 Å². The van der Waals surface area contributed by atoms with Crippen molar-refractivity contribution in [2.75, 3.05) is 18.5 Å². The second-order valence-corrected chi connectivity index (χ2v) is 10.00. The summed E-state index contributed by atoms with van der Waals surface area (Å²) in [6.07, 6.45) is -0.627. The molecule has 2 aliphatic heterocycles. The summed E-state index contributed by atoms with van der Waals surface area (Å²) >= 11 is 0. The number of nitrogens with zero attached hydrogens (tertiary/aromatic N) is 4. The number of aromatic carboxylic acids is 2. The zero-order valence-corrected chi connectivity index (χ0v) is 23.3. The van der Waals surface area contributed by atoms with Crippen molar-refractivity contribution in [3.63, 3.8) is 0 Å². The maximum absolute atomic E-state index is 12.1. The zero-order valence-electron chi connectivity index (χ0n) is 23.3. The number of nitrogens with one attached hydrogen (secondary N) is 2. The minimum absolute atomic E-state index is 0.0359. The van der Waals surface area contributed by atoms with E-state index in [9.17, 15) is 24.6 Å². The number of carbonyl (C=O) groups is 3. The Morgan fingerprint density at radius 3 is 2.36 bits per heavy atom. The van der Waals surface area contributed by atoms with Crippen molar-refractivity contribution in [2.45, 2.75) is 44.4 Å². The van der Waals surface area contributed by atoms with Crippen LogP contribution in [-0.2, 0) is 25.6 Å². The predicted octanol–water partition coefficient (Wildman–Crippen LogP) is 2.96. The van der Waals surface area contributed by atoms with Crippen LogP contribution in [0, 0.1) is 0 Å². The van der Waals surface area contributed by atoms with Gasteiger partial charge in [0.25, 0.3) is 0 Å². The van der Waals surface area contributed by atoms with Crippen LogP contribution in [-0.4, -0.2) is 79.2 Å². The Morgan fingerprint density at radius 2 is 1.66 bits per heavy atom. The van der Waals surface area contributed by atoms with Gasteiger partial charge < -0.3 is 34.5 Å². The molecule has 2 aromatic carbocycles. The average Bonchev–Trinajstić information content (AvgIpc) is 3.72. The molecule has 0 spiro atoms. The predicted molar refractivity (Wildman–Crippen MR) is 151 cm³/mol. The smallest absolute Gasteiger partial charge is 0.336 e. The Hall–Kier alpha value is -4.96. The molecule has 0 aliphatic carbocycles. The van der Waals surface area contributed by atoms with Crippen LogP contribution in [0.3, 0.4) is 0 Å². The van der Waals surface area contributed by atoms with Crippen molar-refractivity contribution in [2.24, 2.45) is 0 Å². The number of carboxylic acid groups (broad SMARTS) is 2.